The van der Waals surface area contributed by atoms with Gasteiger partial charge >= 0.3 is 11.4 Å². The Morgan fingerprint density at radius 3 is 2.61 bits per heavy atom. The number of hydrogen-bond donors (Lipinski definition) is 2. The van der Waals surface area contributed by atoms with Gasteiger partial charge in [-0.25, -0.2) is 0 Å². The molecule has 0 saturated heterocycles. The molecule has 0 fully saturated rings. The lowest BCUT2D eigenvalue weighted by Gasteiger charge is -2.30. The Bertz CT molecular complexity index is 372. The fourth-order valence-corrected chi connectivity index (χ4v) is 2.06. The summed E-state index contributed by atoms with van der Waals surface area (Å²) in [6, 6.07) is 10.3. The van der Waals surface area contributed by atoms with Crippen molar-refractivity contribution in [1.82, 2.24) is 5.32 Å². The molecule has 0 spiro atoms. The normalized spacial score (nSPS) is 16.2. The third-order valence-corrected chi connectivity index (χ3v) is 3.51. The average Bonchev–Trinajstić information content (AvgIpc) is 2.38. The van der Waals surface area contributed by atoms with Crippen molar-refractivity contribution in [2.75, 3.05) is 13.2 Å². The van der Waals surface area contributed by atoms with Gasteiger partial charge in [0.2, 0.25) is 0 Å². The minimum Gasteiger partial charge on any atom is -0.308 e. The molecule has 0 bridgehead atoms. The zero-order valence-corrected chi connectivity index (χ0v) is 11.7. The van der Waals surface area contributed by atoms with E-state index in [1.54, 1.807) is 0 Å². The summed E-state index contributed by atoms with van der Waals surface area (Å²) in [6.45, 7) is 5.33. The van der Waals surface area contributed by atoms with Crippen molar-refractivity contribution < 1.29 is 12.9 Å². The van der Waals surface area contributed by atoms with Gasteiger partial charge in [-0.05, 0) is 31.9 Å². The van der Waals surface area contributed by atoms with Gasteiger partial charge in [-0.15, -0.1) is 0 Å². The van der Waals surface area contributed by atoms with E-state index in [1.165, 1.54) is 5.56 Å². The molecule has 0 aliphatic heterocycles. The molecule has 0 aliphatic carbocycles. The molecule has 1 aromatic rings. The van der Waals surface area contributed by atoms with Gasteiger partial charge in [-0.2, -0.15) is 4.21 Å². The molecule has 2 N–H and O–H groups in total. The Labute approximate surface area is 111 Å². The minimum atomic E-state index is -2.16. The van der Waals surface area contributed by atoms with Crippen LogP contribution in [0.4, 0.5) is 0 Å². The van der Waals surface area contributed by atoms with Crippen LogP contribution in [0.3, 0.4) is 0 Å². The van der Waals surface area contributed by atoms with E-state index < -0.39 is 11.4 Å². The number of nitrogens with one attached hydrogen (secondary N) is 1. The SMILES string of the molecule is CCC(C)(NCCCOS(=O)O)c1ccccc1. The quantitative estimate of drug-likeness (QED) is 0.563. The van der Waals surface area contributed by atoms with Gasteiger partial charge in [0.15, 0.2) is 0 Å². The highest BCUT2D eigenvalue weighted by atomic mass is 32.2. The van der Waals surface area contributed by atoms with Crippen LogP contribution >= 0.6 is 0 Å². The lowest BCUT2D eigenvalue weighted by Crippen LogP contribution is -2.39. The van der Waals surface area contributed by atoms with Crippen LogP contribution in [0.15, 0.2) is 30.3 Å². The van der Waals surface area contributed by atoms with Crippen molar-refractivity contribution in [3.63, 3.8) is 0 Å². The molecule has 1 rings (SSSR count). The largest absolute Gasteiger partial charge is 0.308 e. The molecule has 2 unspecified atom stereocenters. The summed E-state index contributed by atoms with van der Waals surface area (Å²) < 4.78 is 23.4. The first kappa shape index (κ1) is 15.3. The summed E-state index contributed by atoms with van der Waals surface area (Å²) in [5.74, 6) is 0. The lowest BCUT2D eigenvalue weighted by atomic mass is 9.89. The number of hydrogen-bond acceptors (Lipinski definition) is 3. The van der Waals surface area contributed by atoms with E-state index in [2.05, 4.69) is 35.5 Å². The van der Waals surface area contributed by atoms with Crippen molar-refractivity contribution >= 4 is 11.4 Å². The average molecular weight is 271 g/mol. The first-order valence-electron chi connectivity index (χ1n) is 6.13. The molecule has 0 amide bonds. The van der Waals surface area contributed by atoms with Crippen LogP contribution in [-0.4, -0.2) is 21.9 Å². The van der Waals surface area contributed by atoms with Gasteiger partial charge in [0.05, 0.1) is 6.61 Å². The van der Waals surface area contributed by atoms with E-state index in [0.29, 0.717) is 6.42 Å². The molecule has 102 valence electrons. The van der Waals surface area contributed by atoms with E-state index in [0.717, 1.165) is 13.0 Å². The van der Waals surface area contributed by atoms with Crippen LogP contribution in [-0.2, 0) is 21.1 Å². The second-order valence-corrected chi connectivity index (χ2v) is 5.04. The van der Waals surface area contributed by atoms with Crippen LogP contribution in [0.1, 0.15) is 32.3 Å². The summed E-state index contributed by atoms with van der Waals surface area (Å²) in [7, 11) is 0. The Morgan fingerprint density at radius 1 is 1.39 bits per heavy atom. The third-order valence-electron chi connectivity index (χ3n) is 3.14. The first-order valence-corrected chi connectivity index (χ1v) is 7.16. The van der Waals surface area contributed by atoms with E-state index in [9.17, 15) is 4.21 Å². The van der Waals surface area contributed by atoms with E-state index in [-0.39, 0.29) is 12.1 Å². The van der Waals surface area contributed by atoms with Gasteiger partial charge in [0.25, 0.3) is 0 Å². The standard InChI is InChI=1S/C13H21NO3S/c1-3-13(2,12-8-5-4-6-9-12)14-10-7-11-17-18(15)16/h4-6,8-9,14H,3,7,10-11H2,1-2H3,(H,15,16). The monoisotopic (exact) mass is 271 g/mol. The highest BCUT2D eigenvalue weighted by molar-refractivity contribution is 7.74. The van der Waals surface area contributed by atoms with E-state index in [4.69, 9.17) is 4.55 Å². The second-order valence-electron chi connectivity index (χ2n) is 4.37. The number of benzene rings is 1. The maximum absolute atomic E-state index is 10.3. The van der Waals surface area contributed by atoms with Crippen molar-refractivity contribution in [3.05, 3.63) is 35.9 Å². The highest BCUT2D eigenvalue weighted by Gasteiger charge is 2.22. The highest BCUT2D eigenvalue weighted by Crippen LogP contribution is 2.23. The molecule has 4 nitrogen and oxygen atoms in total. The van der Waals surface area contributed by atoms with Crippen LogP contribution in [0.5, 0.6) is 0 Å². The minimum absolute atomic E-state index is 0.0698. The summed E-state index contributed by atoms with van der Waals surface area (Å²) in [6.07, 6.45) is 1.68. The zero-order chi connectivity index (χ0) is 13.4. The molecular formula is C13H21NO3S. The summed E-state index contributed by atoms with van der Waals surface area (Å²) >= 11 is -2.16. The Kier molecular flexibility index (Phi) is 6.49. The Balaban J connectivity index is 2.44. The fraction of sp³-hybridized carbons (Fsp3) is 0.538. The lowest BCUT2D eigenvalue weighted by molar-refractivity contribution is 0.282. The zero-order valence-electron chi connectivity index (χ0n) is 10.9. The molecule has 2 atom stereocenters. The Morgan fingerprint density at radius 2 is 2.06 bits per heavy atom. The van der Waals surface area contributed by atoms with E-state index in [1.807, 2.05) is 18.2 Å². The maximum atomic E-state index is 10.3. The van der Waals surface area contributed by atoms with Crippen LogP contribution in [0.25, 0.3) is 0 Å². The molecule has 5 heteroatoms. The van der Waals surface area contributed by atoms with Gasteiger partial charge in [-0.3, -0.25) is 8.74 Å². The third kappa shape index (κ3) is 4.86. The topological polar surface area (TPSA) is 58.6 Å². The fourth-order valence-electron chi connectivity index (χ4n) is 1.80. The summed E-state index contributed by atoms with van der Waals surface area (Å²) in [4.78, 5) is 0. The first-order chi connectivity index (χ1) is 8.58. The molecular weight excluding hydrogens is 250 g/mol. The number of rotatable bonds is 8. The molecule has 1 aromatic carbocycles. The summed E-state index contributed by atoms with van der Waals surface area (Å²) in [5.41, 5.74) is 1.18. The predicted octanol–water partition coefficient (Wildman–Crippen LogP) is 2.44. The predicted molar refractivity (Wildman–Crippen MR) is 73.4 cm³/mol. The molecule has 18 heavy (non-hydrogen) atoms. The van der Waals surface area contributed by atoms with Gasteiger partial charge in [0, 0.05) is 5.54 Å². The molecule has 0 saturated carbocycles. The summed E-state index contributed by atoms with van der Waals surface area (Å²) in [5, 5.41) is 3.48. The van der Waals surface area contributed by atoms with Crippen LogP contribution in [0, 0.1) is 0 Å². The van der Waals surface area contributed by atoms with Crippen molar-refractivity contribution in [3.8, 4) is 0 Å². The van der Waals surface area contributed by atoms with Crippen LogP contribution < -0.4 is 5.32 Å². The Hall–Kier alpha value is -0.750. The van der Waals surface area contributed by atoms with Gasteiger partial charge in [0.1, 0.15) is 0 Å². The van der Waals surface area contributed by atoms with Crippen LogP contribution in [0.2, 0.25) is 0 Å². The molecule has 0 aromatic heterocycles. The van der Waals surface area contributed by atoms with Gasteiger partial charge < -0.3 is 5.32 Å². The van der Waals surface area contributed by atoms with E-state index >= 15 is 0 Å². The molecule has 0 aliphatic rings. The smallest absolute Gasteiger partial charge is 0.301 e. The second kappa shape index (κ2) is 7.63. The molecule has 0 heterocycles. The maximum Gasteiger partial charge on any atom is 0.301 e. The molecule has 0 radical (unpaired) electrons. The van der Waals surface area contributed by atoms with Gasteiger partial charge in [-0.1, -0.05) is 37.3 Å². The van der Waals surface area contributed by atoms with Crippen molar-refractivity contribution in [1.29, 1.82) is 0 Å². The van der Waals surface area contributed by atoms with Crippen molar-refractivity contribution in [2.45, 2.75) is 32.2 Å². The van der Waals surface area contributed by atoms with Crippen molar-refractivity contribution in [2.24, 2.45) is 0 Å².